The Bertz CT molecular complexity index is 675. The van der Waals surface area contributed by atoms with E-state index in [1.54, 1.807) is 13.1 Å². The van der Waals surface area contributed by atoms with Gasteiger partial charge in [0.15, 0.2) is 0 Å². The molecule has 24 heavy (non-hydrogen) atoms. The van der Waals surface area contributed by atoms with E-state index in [0.717, 1.165) is 6.07 Å². The van der Waals surface area contributed by atoms with Crippen LogP contribution in [0.25, 0.3) is 0 Å². The minimum Gasteiger partial charge on any atom is -0.348 e. The molecule has 0 spiro atoms. The molecule has 1 aromatic carbocycles. The number of aromatic nitrogens is 2. The van der Waals surface area contributed by atoms with E-state index in [9.17, 15) is 13.6 Å². The normalized spacial score (nSPS) is 14.9. The van der Waals surface area contributed by atoms with Crippen LogP contribution in [-0.2, 0) is 4.79 Å². The minimum absolute atomic E-state index is 0.0218. The number of nitrogens with zero attached hydrogens (tertiary/aromatic N) is 2. The van der Waals surface area contributed by atoms with Gasteiger partial charge in [-0.05, 0) is 32.9 Å². The van der Waals surface area contributed by atoms with E-state index in [4.69, 9.17) is 0 Å². The number of rotatable bonds is 7. The highest BCUT2D eigenvalue weighted by molar-refractivity contribution is 5.78. The maximum Gasteiger partial charge on any atom is 0.234 e. The fraction of sp³-hybridized carbons (Fsp3) is 0.412. The molecule has 2 aromatic rings. The molecule has 1 heterocycles. The fourth-order valence-electron chi connectivity index (χ4n) is 2.40. The zero-order valence-electron chi connectivity index (χ0n) is 14.0. The smallest absolute Gasteiger partial charge is 0.234 e. The molecular formula is C17H22F2N4O. The summed E-state index contributed by atoms with van der Waals surface area (Å²) in [6.45, 7) is 5.71. The molecule has 0 aliphatic rings. The SMILES string of the molecule is C[C@H](NC(=O)CN[C@@H](C)[C@@H](C)n1cccn1)c1ccc(F)cc1F. The molecule has 2 N–H and O–H groups in total. The highest BCUT2D eigenvalue weighted by atomic mass is 19.1. The molecule has 7 heteroatoms. The van der Waals surface area contributed by atoms with Crippen molar-refractivity contribution in [2.45, 2.75) is 38.9 Å². The first kappa shape index (κ1) is 18.1. The van der Waals surface area contributed by atoms with Gasteiger partial charge in [-0.3, -0.25) is 9.48 Å². The number of amides is 1. The van der Waals surface area contributed by atoms with Gasteiger partial charge in [-0.25, -0.2) is 8.78 Å². The summed E-state index contributed by atoms with van der Waals surface area (Å²) in [6, 6.07) is 4.73. The second-order valence-electron chi connectivity index (χ2n) is 5.85. The number of carbonyl (C=O) groups is 1. The van der Waals surface area contributed by atoms with Crippen molar-refractivity contribution in [1.29, 1.82) is 0 Å². The Hall–Kier alpha value is -2.28. The molecule has 0 bridgehead atoms. The van der Waals surface area contributed by atoms with Gasteiger partial charge in [-0.15, -0.1) is 0 Å². The summed E-state index contributed by atoms with van der Waals surface area (Å²) in [5.74, 6) is -1.57. The van der Waals surface area contributed by atoms with E-state index in [1.807, 2.05) is 30.8 Å². The summed E-state index contributed by atoms with van der Waals surface area (Å²) in [6.07, 6.45) is 3.57. The van der Waals surface area contributed by atoms with Crippen molar-refractivity contribution >= 4 is 5.91 Å². The van der Waals surface area contributed by atoms with Crippen LogP contribution in [0.15, 0.2) is 36.7 Å². The second-order valence-corrected chi connectivity index (χ2v) is 5.85. The summed E-state index contributed by atoms with van der Waals surface area (Å²) in [7, 11) is 0. The van der Waals surface area contributed by atoms with Crippen LogP contribution in [0, 0.1) is 11.6 Å². The van der Waals surface area contributed by atoms with Crippen molar-refractivity contribution in [1.82, 2.24) is 20.4 Å². The van der Waals surface area contributed by atoms with Crippen LogP contribution in [0.2, 0.25) is 0 Å². The fourth-order valence-corrected chi connectivity index (χ4v) is 2.40. The lowest BCUT2D eigenvalue weighted by atomic mass is 10.1. The lowest BCUT2D eigenvalue weighted by Gasteiger charge is -2.22. The van der Waals surface area contributed by atoms with Gasteiger partial charge >= 0.3 is 0 Å². The van der Waals surface area contributed by atoms with E-state index in [-0.39, 0.29) is 30.1 Å². The van der Waals surface area contributed by atoms with Crippen LogP contribution in [0.3, 0.4) is 0 Å². The maximum absolute atomic E-state index is 13.7. The number of hydrogen-bond donors (Lipinski definition) is 2. The van der Waals surface area contributed by atoms with Crippen molar-refractivity contribution < 1.29 is 13.6 Å². The number of carbonyl (C=O) groups excluding carboxylic acids is 1. The topological polar surface area (TPSA) is 59.0 Å². The number of halogens is 2. The number of benzene rings is 1. The molecule has 130 valence electrons. The van der Waals surface area contributed by atoms with Crippen LogP contribution >= 0.6 is 0 Å². The molecule has 0 saturated carbocycles. The zero-order valence-corrected chi connectivity index (χ0v) is 14.0. The molecule has 5 nitrogen and oxygen atoms in total. The van der Waals surface area contributed by atoms with E-state index < -0.39 is 17.7 Å². The van der Waals surface area contributed by atoms with Gasteiger partial charge in [0.25, 0.3) is 0 Å². The third kappa shape index (κ3) is 4.61. The Kier molecular flexibility index (Phi) is 6.03. The monoisotopic (exact) mass is 336 g/mol. The summed E-state index contributed by atoms with van der Waals surface area (Å²) < 4.78 is 28.5. The predicted octanol–water partition coefficient (Wildman–Crippen LogP) is 2.58. The zero-order chi connectivity index (χ0) is 17.7. The summed E-state index contributed by atoms with van der Waals surface area (Å²) >= 11 is 0. The van der Waals surface area contributed by atoms with Gasteiger partial charge in [-0.1, -0.05) is 6.07 Å². The van der Waals surface area contributed by atoms with Gasteiger partial charge in [-0.2, -0.15) is 5.10 Å². The highest BCUT2D eigenvalue weighted by Crippen LogP contribution is 2.17. The lowest BCUT2D eigenvalue weighted by molar-refractivity contribution is -0.121. The minimum atomic E-state index is -0.670. The van der Waals surface area contributed by atoms with Crippen LogP contribution in [0.1, 0.15) is 38.4 Å². The third-order valence-corrected chi connectivity index (χ3v) is 4.06. The van der Waals surface area contributed by atoms with E-state index in [0.29, 0.717) is 0 Å². The first-order chi connectivity index (χ1) is 11.4. The Labute approximate surface area is 140 Å². The third-order valence-electron chi connectivity index (χ3n) is 4.06. The molecule has 1 aromatic heterocycles. The molecule has 0 fully saturated rings. The summed E-state index contributed by atoms with van der Waals surface area (Å²) in [5.41, 5.74) is 0.253. The van der Waals surface area contributed by atoms with Crippen LogP contribution in [0.4, 0.5) is 8.78 Å². The first-order valence-corrected chi connectivity index (χ1v) is 7.85. The molecule has 0 aliphatic carbocycles. The molecule has 2 rings (SSSR count). The van der Waals surface area contributed by atoms with Crippen LogP contribution < -0.4 is 10.6 Å². The molecule has 1 amide bonds. The summed E-state index contributed by atoms with van der Waals surface area (Å²) in [4.78, 5) is 12.0. The molecule has 0 saturated heterocycles. The first-order valence-electron chi connectivity index (χ1n) is 7.85. The predicted molar refractivity (Wildman–Crippen MR) is 87.3 cm³/mol. The quantitative estimate of drug-likeness (QED) is 0.817. The average Bonchev–Trinajstić information content (AvgIpc) is 3.06. The van der Waals surface area contributed by atoms with Gasteiger partial charge in [0.05, 0.1) is 18.6 Å². The van der Waals surface area contributed by atoms with Crippen molar-refractivity contribution in [3.8, 4) is 0 Å². The van der Waals surface area contributed by atoms with Crippen LogP contribution in [-0.4, -0.2) is 28.3 Å². The van der Waals surface area contributed by atoms with E-state index in [1.165, 1.54) is 12.1 Å². The second kappa shape index (κ2) is 8.01. The van der Waals surface area contributed by atoms with Crippen molar-refractivity contribution in [3.63, 3.8) is 0 Å². The standard InChI is InChI=1S/C17H22F2N4O/c1-11(13(3)23-8-4-7-21-23)20-10-17(24)22-12(2)15-6-5-14(18)9-16(15)19/h4-9,11-13,20H,10H2,1-3H3,(H,22,24)/t11-,12-,13+/m0/s1. The highest BCUT2D eigenvalue weighted by Gasteiger charge is 2.17. The molecule has 0 aliphatic heterocycles. The summed E-state index contributed by atoms with van der Waals surface area (Å²) in [5, 5.41) is 10.00. The van der Waals surface area contributed by atoms with Crippen molar-refractivity contribution in [2.24, 2.45) is 0 Å². The molecular weight excluding hydrogens is 314 g/mol. The van der Waals surface area contributed by atoms with Gasteiger partial charge in [0.1, 0.15) is 11.6 Å². The average molecular weight is 336 g/mol. The number of nitrogens with one attached hydrogen (secondary N) is 2. The van der Waals surface area contributed by atoms with Crippen molar-refractivity contribution in [3.05, 3.63) is 53.9 Å². The van der Waals surface area contributed by atoms with Crippen LogP contribution in [0.5, 0.6) is 0 Å². The van der Waals surface area contributed by atoms with Gasteiger partial charge in [0, 0.05) is 30.1 Å². The maximum atomic E-state index is 13.7. The molecule has 0 radical (unpaired) electrons. The van der Waals surface area contributed by atoms with E-state index >= 15 is 0 Å². The number of hydrogen-bond acceptors (Lipinski definition) is 3. The Morgan fingerprint density at radius 2 is 2.04 bits per heavy atom. The molecule has 0 unspecified atom stereocenters. The van der Waals surface area contributed by atoms with Gasteiger partial charge in [0.2, 0.25) is 5.91 Å². The Morgan fingerprint density at radius 3 is 2.67 bits per heavy atom. The van der Waals surface area contributed by atoms with Gasteiger partial charge < -0.3 is 10.6 Å². The Balaban J connectivity index is 1.84. The van der Waals surface area contributed by atoms with Crippen molar-refractivity contribution in [2.75, 3.05) is 6.54 Å². The lowest BCUT2D eigenvalue weighted by Crippen LogP contribution is -2.42. The van der Waals surface area contributed by atoms with E-state index in [2.05, 4.69) is 15.7 Å². The molecule has 3 atom stereocenters. The Morgan fingerprint density at radius 1 is 1.29 bits per heavy atom. The largest absolute Gasteiger partial charge is 0.348 e.